The number of imide groups is 1. The SMILES string of the molecule is O=C([O-])c1ccc(N2CCN(S(=O)(=O)c3ccc(N4C(=O)c5ccccc5C4=O)cc3)CC2)cc1. The van der Waals surface area contributed by atoms with E-state index in [0.29, 0.717) is 29.9 Å². The molecular formula is C25H20N3O6S-. The zero-order chi connectivity index (χ0) is 24.7. The minimum absolute atomic E-state index is 0.0737. The Kier molecular flexibility index (Phi) is 5.62. The molecule has 3 aromatic rings. The largest absolute Gasteiger partial charge is 0.545 e. The molecule has 5 rings (SSSR count). The maximum atomic E-state index is 13.2. The first-order valence-corrected chi connectivity index (χ1v) is 12.4. The van der Waals surface area contributed by atoms with Gasteiger partial charge in [0.1, 0.15) is 0 Å². The molecule has 3 aromatic carbocycles. The number of amides is 2. The molecular weight excluding hydrogens is 470 g/mol. The van der Waals surface area contributed by atoms with Crippen molar-refractivity contribution in [3.8, 4) is 0 Å². The van der Waals surface area contributed by atoms with Crippen LogP contribution in [0.2, 0.25) is 0 Å². The molecule has 0 aliphatic carbocycles. The number of sulfonamides is 1. The van der Waals surface area contributed by atoms with Crippen LogP contribution in [0.1, 0.15) is 31.1 Å². The first kappa shape index (κ1) is 22.8. The maximum absolute atomic E-state index is 13.2. The van der Waals surface area contributed by atoms with Crippen molar-refractivity contribution in [2.45, 2.75) is 4.90 Å². The number of hydrogen-bond donors (Lipinski definition) is 0. The average Bonchev–Trinajstić information content (AvgIpc) is 3.14. The van der Waals surface area contributed by atoms with Crippen molar-refractivity contribution in [2.75, 3.05) is 36.0 Å². The first-order valence-electron chi connectivity index (χ1n) is 10.9. The summed E-state index contributed by atoms with van der Waals surface area (Å²) in [5, 5.41) is 10.9. The molecule has 178 valence electrons. The lowest BCUT2D eigenvalue weighted by Crippen LogP contribution is -2.48. The molecule has 0 aromatic heterocycles. The highest BCUT2D eigenvalue weighted by Gasteiger charge is 2.36. The van der Waals surface area contributed by atoms with Crippen LogP contribution in [0.4, 0.5) is 11.4 Å². The van der Waals surface area contributed by atoms with Crippen molar-refractivity contribution in [3.05, 3.63) is 89.5 Å². The molecule has 2 amide bonds. The van der Waals surface area contributed by atoms with Crippen LogP contribution < -0.4 is 14.9 Å². The van der Waals surface area contributed by atoms with Crippen LogP contribution in [0.15, 0.2) is 77.7 Å². The Bertz CT molecular complexity index is 1390. The number of rotatable bonds is 5. The third-order valence-corrected chi connectivity index (χ3v) is 8.15. The fraction of sp³-hybridized carbons (Fsp3) is 0.160. The van der Waals surface area contributed by atoms with Gasteiger partial charge in [-0.1, -0.05) is 24.3 Å². The van der Waals surface area contributed by atoms with E-state index >= 15 is 0 Å². The van der Waals surface area contributed by atoms with Gasteiger partial charge in [0.2, 0.25) is 10.0 Å². The first-order chi connectivity index (χ1) is 16.8. The van der Waals surface area contributed by atoms with Gasteiger partial charge >= 0.3 is 0 Å². The van der Waals surface area contributed by atoms with Gasteiger partial charge in [0.15, 0.2) is 0 Å². The summed E-state index contributed by atoms with van der Waals surface area (Å²) in [5.74, 6) is -2.13. The molecule has 2 heterocycles. The number of piperazine rings is 1. The summed E-state index contributed by atoms with van der Waals surface area (Å²) < 4.78 is 27.7. The second-order valence-electron chi connectivity index (χ2n) is 8.21. The van der Waals surface area contributed by atoms with Gasteiger partial charge < -0.3 is 14.8 Å². The van der Waals surface area contributed by atoms with E-state index in [-0.39, 0.29) is 23.5 Å². The van der Waals surface area contributed by atoms with E-state index in [1.54, 1.807) is 36.4 Å². The van der Waals surface area contributed by atoms with Crippen molar-refractivity contribution in [3.63, 3.8) is 0 Å². The molecule has 0 saturated carbocycles. The van der Waals surface area contributed by atoms with Crippen molar-refractivity contribution < 1.29 is 27.9 Å². The average molecular weight is 491 g/mol. The van der Waals surface area contributed by atoms with E-state index in [1.807, 2.05) is 4.90 Å². The molecule has 0 bridgehead atoms. The highest BCUT2D eigenvalue weighted by molar-refractivity contribution is 7.89. The molecule has 0 N–H and O–H groups in total. The maximum Gasteiger partial charge on any atom is 0.266 e. The third kappa shape index (κ3) is 3.96. The monoisotopic (exact) mass is 490 g/mol. The highest BCUT2D eigenvalue weighted by atomic mass is 32.2. The number of anilines is 2. The fourth-order valence-electron chi connectivity index (χ4n) is 4.33. The van der Waals surface area contributed by atoms with Crippen LogP contribution in [0.25, 0.3) is 0 Å². The summed E-state index contributed by atoms with van der Waals surface area (Å²) in [6, 6.07) is 18.5. The summed E-state index contributed by atoms with van der Waals surface area (Å²) in [4.78, 5) is 39.4. The van der Waals surface area contributed by atoms with E-state index < -0.39 is 27.8 Å². The zero-order valence-electron chi connectivity index (χ0n) is 18.5. The molecule has 10 heteroatoms. The van der Waals surface area contributed by atoms with Gasteiger partial charge in [-0.3, -0.25) is 9.59 Å². The predicted molar refractivity (Wildman–Crippen MR) is 126 cm³/mol. The molecule has 0 radical (unpaired) electrons. The molecule has 1 saturated heterocycles. The Balaban J connectivity index is 1.28. The number of carboxylic acids is 1. The molecule has 2 aliphatic heterocycles. The van der Waals surface area contributed by atoms with Gasteiger partial charge in [0.05, 0.1) is 27.7 Å². The lowest BCUT2D eigenvalue weighted by molar-refractivity contribution is -0.255. The standard InChI is InChI=1S/C25H21N3O6S/c29-23-21-3-1-2-4-22(21)24(30)28(23)19-9-11-20(12-10-19)35(33,34)27-15-13-26(14-16-27)18-7-5-17(6-8-18)25(31)32/h1-12H,13-16H2,(H,31,32)/p-1. The van der Waals surface area contributed by atoms with Gasteiger partial charge in [0, 0.05) is 31.9 Å². The highest BCUT2D eigenvalue weighted by Crippen LogP contribution is 2.30. The minimum Gasteiger partial charge on any atom is -0.545 e. The minimum atomic E-state index is -3.77. The Morgan fingerprint density at radius 2 is 1.23 bits per heavy atom. The Hall–Kier alpha value is -4.02. The Labute approximate surface area is 201 Å². The second-order valence-corrected chi connectivity index (χ2v) is 10.1. The molecule has 0 atom stereocenters. The second kappa shape index (κ2) is 8.64. The summed E-state index contributed by atoms with van der Waals surface area (Å²) in [5.41, 5.74) is 1.83. The lowest BCUT2D eigenvalue weighted by Gasteiger charge is -2.35. The van der Waals surface area contributed by atoms with Crippen molar-refractivity contribution >= 4 is 39.2 Å². The van der Waals surface area contributed by atoms with Gasteiger partial charge in [-0.15, -0.1) is 0 Å². The van der Waals surface area contributed by atoms with Crippen LogP contribution in [0.5, 0.6) is 0 Å². The number of benzene rings is 3. The molecule has 35 heavy (non-hydrogen) atoms. The number of nitrogens with zero attached hydrogens (tertiary/aromatic N) is 3. The van der Waals surface area contributed by atoms with Crippen molar-refractivity contribution in [1.29, 1.82) is 0 Å². The summed E-state index contributed by atoms with van der Waals surface area (Å²) >= 11 is 0. The normalized spacial score (nSPS) is 16.5. The van der Waals surface area contributed by atoms with Crippen LogP contribution in [0.3, 0.4) is 0 Å². The third-order valence-electron chi connectivity index (χ3n) is 6.23. The Morgan fingerprint density at radius 3 is 1.74 bits per heavy atom. The lowest BCUT2D eigenvalue weighted by atomic mass is 10.1. The van der Waals surface area contributed by atoms with Crippen LogP contribution in [-0.4, -0.2) is 56.7 Å². The molecule has 2 aliphatic rings. The van der Waals surface area contributed by atoms with Crippen LogP contribution in [0, 0.1) is 0 Å². The number of aromatic carboxylic acids is 1. The number of carbonyl (C=O) groups is 3. The summed E-state index contributed by atoms with van der Waals surface area (Å²) in [7, 11) is -3.77. The molecule has 1 fully saturated rings. The van der Waals surface area contributed by atoms with Crippen LogP contribution >= 0.6 is 0 Å². The Morgan fingerprint density at radius 1 is 0.714 bits per heavy atom. The topological polar surface area (TPSA) is 118 Å². The fourth-order valence-corrected chi connectivity index (χ4v) is 5.76. The van der Waals surface area contributed by atoms with Crippen LogP contribution in [-0.2, 0) is 10.0 Å². The van der Waals surface area contributed by atoms with Gasteiger partial charge in [-0.25, -0.2) is 13.3 Å². The quantitative estimate of drug-likeness (QED) is 0.496. The molecule has 0 spiro atoms. The smallest absolute Gasteiger partial charge is 0.266 e. The van der Waals surface area contributed by atoms with E-state index in [2.05, 4.69) is 0 Å². The molecule has 0 unspecified atom stereocenters. The van der Waals surface area contributed by atoms with E-state index in [0.717, 1.165) is 10.6 Å². The van der Waals surface area contributed by atoms with Crippen molar-refractivity contribution in [2.24, 2.45) is 0 Å². The number of hydrogen-bond acceptors (Lipinski definition) is 7. The van der Waals surface area contributed by atoms with Gasteiger partial charge in [-0.2, -0.15) is 4.31 Å². The summed E-state index contributed by atoms with van der Waals surface area (Å²) in [6.45, 7) is 1.39. The van der Waals surface area contributed by atoms with E-state index in [4.69, 9.17) is 0 Å². The van der Waals surface area contributed by atoms with E-state index in [1.165, 1.54) is 40.7 Å². The zero-order valence-corrected chi connectivity index (χ0v) is 19.3. The van der Waals surface area contributed by atoms with Crippen molar-refractivity contribution in [1.82, 2.24) is 4.31 Å². The number of carboxylic acid groups (broad SMARTS) is 1. The van der Waals surface area contributed by atoms with Gasteiger partial charge in [0.25, 0.3) is 11.8 Å². The summed E-state index contributed by atoms with van der Waals surface area (Å²) in [6.07, 6.45) is 0. The van der Waals surface area contributed by atoms with E-state index in [9.17, 15) is 27.9 Å². The van der Waals surface area contributed by atoms with Gasteiger partial charge in [-0.05, 0) is 54.1 Å². The number of fused-ring (bicyclic) bond motifs is 1. The molecule has 9 nitrogen and oxygen atoms in total. The predicted octanol–water partition coefficient (Wildman–Crippen LogP) is 1.36. The number of carbonyl (C=O) groups excluding carboxylic acids is 3.